The van der Waals surface area contributed by atoms with E-state index < -0.39 is 0 Å². The first-order chi connectivity index (χ1) is 7.69. The lowest BCUT2D eigenvalue weighted by molar-refractivity contribution is -0.133. The second kappa shape index (κ2) is 6.16. The Balaban J connectivity index is 2.67. The largest absolute Gasteiger partial charge is 0.344 e. The summed E-state index contributed by atoms with van der Waals surface area (Å²) in [5.74, 6) is 2.47. The molecule has 0 aromatic rings. The lowest BCUT2D eigenvalue weighted by atomic mass is 10.1. The third-order valence-corrected chi connectivity index (χ3v) is 2.66. The fourth-order valence-corrected chi connectivity index (χ4v) is 1.80. The summed E-state index contributed by atoms with van der Waals surface area (Å²) >= 11 is 0. The van der Waals surface area contributed by atoms with Gasteiger partial charge in [0.25, 0.3) is 0 Å². The van der Waals surface area contributed by atoms with Crippen LogP contribution in [0.15, 0.2) is 0 Å². The monoisotopic (exact) mass is 222 g/mol. The molecule has 0 aromatic heterocycles. The number of rotatable bonds is 4. The molecule has 0 aromatic carbocycles. The minimum absolute atomic E-state index is 0.00273. The summed E-state index contributed by atoms with van der Waals surface area (Å²) in [7, 11) is 0. The zero-order chi connectivity index (χ0) is 12.0. The molecular formula is C12H18N2O2. The number of hydrogen-bond acceptors (Lipinski definition) is 2. The highest BCUT2D eigenvalue weighted by Gasteiger charge is 2.28. The van der Waals surface area contributed by atoms with Crippen molar-refractivity contribution in [1.29, 1.82) is 0 Å². The molecule has 1 aliphatic heterocycles. The average molecular weight is 222 g/mol. The van der Waals surface area contributed by atoms with E-state index in [1.54, 1.807) is 4.90 Å². The van der Waals surface area contributed by atoms with E-state index in [1.165, 1.54) is 0 Å². The Morgan fingerprint density at radius 1 is 1.56 bits per heavy atom. The fraction of sp³-hybridized carbons (Fsp3) is 0.667. The molecule has 1 rings (SSSR count). The Hall–Kier alpha value is -1.50. The normalized spacial score (nSPS) is 21.2. The summed E-state index contributed by atoms with van der Waals surface area (Å²) in [6.07, 6.45) is 7.66. The molecule has 1 N–H and O–H groups in total. The minimum atomic E-state index is -0.363. The van der Waals surface area contributed by atoms with E-state index in [1.807, 2.05) is 6.92 Å². The van der Waals surface area contributed by atoms with Crippen molar-refractivity contribution in [3.05, 3.63) is 0 Å². The van der Waals surface area contributed by atoms with Gasteiger partial charge in [0.05, 0.1) is 0 Å². The first-order valence-corrected chi connectivity index (χ1v) is 5.70. The van der Waals surface area contributed by atoms with E-state index in [0.717, 1.165) is 6.42 Å². The number of amides is 2. The molecule has 1 saturated heterocycles. The van der Waals surface area contributed by atoms with E-state index in [9.17, 15) is 9.59 Å². The first-order valence-electron chi connectivity index (χ1n) is 5.70. The van der Waals surface area contributed by atoms with Gasteiger partial charge in [-0.15, -0.1) is 12.3 Å². The summed E-state index contributed by atoms with van der Waals surface area (Å²) < 4.78 is 0. The van der Waals surface area contributed by atoms with Crippen molar-refractivity contribution in [2.45, 2.75) is 38.6 Å². The zero-order valence-electron chi connectivity index (χ0n) is 9.66. The quantitative estimate of drug-likeness (QED) is 0.705. The van der Waals surface area contributed by atoms with Crippen LogP contribution in [-0.2, 0) is 9.59 Å². The number of nitrogens with one attached hydrogen (secondary N) is 1. The Morgan fingerprint density at radius 3 is 2.94 bits per heavy atom. The number of terminal acetylenes is 1. The van der Waals surface area contributed by atoms with Crippen LogP contribution in [0.2, 0.25) is 0 Å². The zero-order valence-corrected chi connectivity index (χ0v) is 9.66. The summed E-state index contributed by atoms with van der Waals surface area (Å²) in [6, 6.07) is -0.363. The van der Waals surface area contributed by atoms with Gasteiger partial charge in [0.2, 0.25) is 11.8 Å². The molecule has 0 spiro atoms. The Labute approximate surface area is 96.4 Å². The van der Waals surface area contributed by atoms with E-state index in [4.69, 9.17) is 6.42 Å². The molecule has 0 radical (unpaired) electrons. The summed E-state index contributed by atoms with van der Waals surface area (Å²) in [4.78, 5) is 25.1. The standard InChI is InChI=1S/C12H18N2O2/c1-3-5-8-14-9-7-11(15)13-10(6-4-2)12(14)16/h1,10H,4-9H2,2H3,(H,13,15). The van der Waals surface area contributed by atoms with E-state index >= 15 is 0 Å². The van der Waals surface area contributed by atoms with Crippen molar-refractivity contribution < 1.29 is 9.59 Å². The van der Waals surface area contributed by atoms with Gasteiger partial charge in [0.15, 0.2) is 0 Å². The molecule has 16 heavy (non-hydrogen) atoms. The fourth-order valence-electron chi connectivity index (χ4n) is 1.80. The van der Waals surface area contributed by atoms with E-state index in [2.05, 4.69) is 11.2 Å². The number of nitrogens with zero attached hydrogens (tertiary/aromatic N) is 1. The molecule has 1 aliphatic rings. The van der Waals surface area contributed by atoms with Gasteiger partial charge in [-0.25, -0.2) is 0 Å². The van der Waals surface area contributed by atoms with Crippen molar-refractivity contribution in [2.24, 2.45) is 0 Å². The molecule has 2 amide bonds. The van der Waals surface area contributed by atoms with Gasteiger partial charge in [-0.2, -0.15) is 0 Å². The molecule has 88 valence electrons. The van der Waals surface area contributed by atoms with Crippen molar-refractivity contribution in [2.75, 3.05) is 13.1 Å². The lowest BCUT2D eigenvalue weighted by Crippen LogP contribution is -2.44. The van der Waals surface area contributed by atoms with Crippen LogP contribution in [0, 0.1) is 12.3 Å². The molecule has 1 fully saturated rings. The van der Waals surface area contributed by atoms with Gasteiger partial charge in [-0.1, -0.05) is 13.3 Å². The second-order valence-electron chi connectivity index (χ2n) is 3.94. The molecule has 1 atom stereocenters. The summed E-state index contributed by atoms with van der Waals surface area (Å²) in [5, 5.41) is 2.75. The minimum Gasteiger partial charge on any atom is -0.344 e. The SMILES string of the molecule is C#CCCN1CCC(=O)NC(CCC)C1=O. The molecule has 4 heteroatoms. The van der Waals surface area contributed by atoms with Gasteiger partial charge in [0.1, 0.15) is 6.04 Å². The van der Waals surface area contributed by atoms with Crippen LogP contribution < -0.4 is 5.32 Å². The van der Waals surface area contributed by atoms with Crippen LogP contribution in [-0.4, -0.2) is 35.8 Å². The highest BCUT2D eigenvalue weighted by Crippen LogP contribution is 2.08. The number of carbonyl (C=O) groups is 2. The maximum Gasteiger partial charge on any atom is 0.245 e. The Morgan fingerprint density at radius 2 is 2.31 bits per heavy atom. The van der Waals surface area contributed by atoms with Crippen molar-refractivity contribution >= 4 is 11.8 Å². The van der Waals surface area contributed by atoms with Gasteiger partial charge >= 0.3 is 0 Å². The van der Waals surface area contributed by atoms with Crippen LogP contribution in [0.5, 0.6) is 0 Å². The van der Waals surface area contributed by atoms with E-state index in [-0.39, 0.29) is 17.9 Å². The van der Waals surface area contributed by atoms with Crippen molar-refractivity contribution in [3.63, 3.8) is 0 Å². The number of hydrogen-bond donors (Lipinski definition) is 1. The third kappa shape index (κ3) is 3.27. The Bertz CT molecular complexity index is 307. The topological polar surface area (TPSA) is 49.4 Å². The maximum atomic E-state index is 12.0. The molecule has 4 nitrogen and oxygen atoms in total. The summed E-state index contributed by atoms with van der Waals surface area (Å²) in [6.45, 7) is 3.02. The molecular weight excluding hydrogens is 204 g/mol. The van der Waals surface area contributed by atoms with Gasteiger partial charge in [-0.3, -0.25) is 9.59 Å². The first kappa shape index (κ1) is 12.6. The van der Waals surface area contributed by atoms with Gasteiger partial charge in [-0.05, 0) is 6.42 Å². The molecule has 0 aliphatic carbocycles. The van der Waals surface area contributed by atoms with Crippen LogP contribution in [0.4, 0.5) is 0 Å². The molecule has 1 unspecified atom stereocenters. The van der Waals surface area contributed by atoms with Crippen LogP contribution >= 0.6 is 0 Å². The van der Waals surface area contributed by atoms with Crippen LogP contribution in [0.3, 0.4) is 0 Å². The van der Waals surface area contributed by atoms with Crippen molar-refractivity contribution in [1.82, 2.24) is 10.2 Å². The highest BCUT2D eigenvalue weighted by atomic mass is 16.2. The third-order valence-electron chi connectivity index (χ3n) is 2.66. The van der Waals surface area contributed by atoms with Crippen LogP contribution in [0.1, 0.15) is 32.6 Å². The molecule has 0 bridgehead atoms. The highest BCUT2D eigenvalue weighted by molar-refractivity contribution is 5.89. The average Bonchev–Trinajstić information content (AvgIpc) is 2.39. The Kier molecular flexibility index (Phi) is 4.84. The lowest BCUT2D eigenvalue weighted by Gasteiger charge is -2.22. The van der Waals surface area contributed by atoms with E-state index in [0.29, 0.717) is 32.4 Å². The second-order valence-corrected chi connectivity index (χ2v) is 3.94. The molecule has 1 heterocycles. The van der Waals surface area contributed by atoms with Gasteiger partial charge < -0.3 is 10.2 Å². The van der Waals surface area contributed by atoms with Crippen LogP contribution in [0.25, 0.3) is 0 Å². The van der Waals surface area contributed by atoms with Gasteiger partial charge in [0, 0.05) is 25.9 Å². The van der Waals surface area contributed by atoms with Crippen molar-refractivity contribution in [3.8, 4) is 12.3 Å². The maximum absolute atomic E-state index is 12.0. The molecule has 0 saturated carbocycles. The number of carbonyl (C=O) groups excluding carboxylic acids is 2. The smallest absolute Gasteiger partial charge is 0.245 e. The predicted octanol–water partition coefficient (Wildman–Crippen LogP) is 0.527. The predicted molar refractivity (Wildman–Crippen MR) is 61.5 cm³/mol. The summed E-state index contributed by atoms with van der Waals surface area (Å²) in [5.41, 5.74) is 0.